The van der Waals surface area contributed by atoms with Crippen molar-refractivity contribution in [1.82, 2.24) is 5.16 Å². The molecule has 20 heavy (non-hydrogen) atoms. The lowest BCUT2D eigenvalue weighted by Gasteiger charge is -2.55. The summed E-state index contributed by atoms with van der Waals surface area (Å²) < 4.78 is 4.73. The predicted molar refractivity (Wildman–Crippen MR) is 73.6 cm³/mol. The van der Waals surface area contributed by atoms with Crippen LogP contribution in [0.1, 0.15) is 32.1 Å². The zero-order valence-corrected chi connectivity index (χ0v) is 11.5. The Morgan fingerprint density at radius 2 is 1.90 bits per heavy atom. The molecule has 0 aliphatic heterocycles. The molecule has 4 fully saturated rings. The Morgan fingerprint density at radius 1 is 1.25 bits per heavy atom. The molecule has 5 rings (SSSR count). The highest BCUT2D eigenvalue weighted by atomic mass is 16.5. The first-order valence-electron chi connectivity index (χ1n) is 7.66. The molecule has 1 aromatic heterocycles. The predicted octanol–water partition coefficient (Wildman–Crippen LogP) is 2.01. The Morgan fingerprint density at radius 3 is 2.45 bits per heavy atom. The molecule has 1 heterocycles. The van der Waals surface area contributed by atoms with E-state index in [1.54, 1.807) is 0 Å². The van der Waals surface area contributed by atoms with Crippen molar-refractivity contribution in [2.45, 2.75) is 38.1 Å². The van der Waals surface area contributed by atoms with Crippen LogP contribution in [0, 0.1) is 29.6 Å². The van der Waals surface area contributed by atoms with Gasteiger partial charge in [-0.2, -0.15) is 0 Å². The third-order valence-electron chi connectivity index (χ3n) is 5.72. The van der Waals surface area contributed by atoms with Crippen molar-refractivity contribution in [1.29, 1.82) is 0 Å². The summed E-state index contributed by atoms with van der Waals surface area (Å²) in [7, 11) is 0. The molecule has 3 N–H and O–H groups in total. The number of nitrogens with zero attached hydrogens (tertiary/aromatic N) is 1. The van der Waals surface area contributed by atoms with Gasteiger partial charge in [0.05, 0.1) is 12.2 Å². The van der Waals surface area contributed by atoms with E-state index in [1.807, 2.05) is 0 Å². The van der Waals surface area contributed by atoms with Gasteiger partial charge >= 0.3 is 0 Å². The minimum absolute atomic E-state index is 0.0920. The lowest BCUT2D eigenvalue weighted by atomic mass is 9.50. The van der Waals surface area contributed by atoms with Crippen molar-refractivity contribution in [3.8, 4) is 0 Å². The molecule has 4 bridgehead atoms. The van der Waals surface area contributed by atoms with Crippen molar-refractivity contribution < 1.29 is 9.32 Å². The fraction of sp³-hybridized carbons (Fsp3) is 0.733. The molecule has 0 spiro atoms. The second-order valence-corrected chi connectivity index (χ2v) is 6.94. The van der Waals surface area contributed by atoms with Gasteiger partial charge in [0.15, 0.2) is 0 Å². The number of hydrogen-bond donors (Lipinski definition) is 2. The van der Waals surface area contributed by atoms with Crippen molar-refractivity contribution in [2.24, 2.45) is 35.3 Å². The van der Waals surface area contributed by atoms with E-state index >= 15 is 0 Å². The van der Waals surface area contributed by atoms with Crippen LogP contribution >= 0.6 is 0 Å². The Hall–Kier alpha value is -1.36. The Labute approximate surface area is 118 Å². The average molecular weight is 275 g/mol. The summed E-state index contributed by atoms with van der Waals surface area (Å²) >= 11 is 0. The van der Waals surface area contributed by atoms with Crippen LogP contribution in [0.3, 0.4) is 0 Å². The molecule has 0 radical (unpaired) electrons. The maximum absolute atomic E-state index is 12.3. The summed E-state index contributed by atoms with van der Waals surface area (Å²) in [6, 6.07) is -0.403. The molecular formula is C15H21N3O2. The summed E-state index contributed by atoms with van der Waals surface area (Å²) in [6.07, 6.45) is 9.49. The van der Waals surface area contributed by atoms with E-state index in [9.17, 15) is 4.79 Å². The number of amides is 1. The third kappa shape index (κ3) is 1.95. The Kier molecular flexibility index (Phi) is 2.84. The van der Waals surface area contributed by atoms with Crippen LogP contribution in [0.15, 0.2) is 17.0 Å². The highest BCUT2D eigenvalue weighted by molar-refractivity contribution is 5.94. The number of carbonyl (C=O) groups excluding carboxylic acids is 1. The van der Waals surface area contributed by atoms with E-state index in [1.165, 1.54) is 44.6 Å². The minimum atomic E-state index is -0.403. The van der Waals surface area contributed by atoms with Crippen LogP contribution in [0.2, 0.25) is 0 Å². The smallest absolute Gasteiger partial charge is 0.241 e. The summed E-state index contributed by atoms with van der Waals surface area (Å²) in [5, 5.41) is 6.40. The molecule has 1 unspecified atom stereocenters. The molecule has 4 aliphatic carbocycles. The van der Waals surface area contributed by atoms with Gasteiger partial charge in [-0.1, -0.05) is 5.16 Å². The summed E-state index contributed by atoms with van der Waals surface area (Å²) in [4.78, 5) is 12.3. The third-order valence-corrected chi connectivity index (χ3v) is 5.72. The second-order valence-electron chi connectivity index (χ2n) is 6.94. The van der Waals surface area contributed by atoms with E-state index in [0.717, 1.165) is 11.8 Å². The zero-order valence-electron chi connectivity index (χ0n) is 11.5. The monoisotopic (exact) mass is 275 g/mol. The average Bonchev–Trinajstić information content (AvgIpc) is 2.90. The Bertz CT molecular complexity index is 471. The van der Waals surface area contributed by atoms with Crippen LogP contribution in [0.25, 0.3) is 0 Å². The number of hydrogen-bond acceptors (Lipinski definition) is 4. The van der Waals surface area contributed by atoms with Gasteiger partial charge in [-0.05, 0) is 61.7 Å². The summed E-state index contributed by atoms with van der Waals surface area (Å²) in [5.41, 5.74) is 6.89. The van der Waals surface area contributed by atoms with E-state index < -0.39 is 6.04 Å². The molecular weight excluding hydrogens is 254 g/mol. The molecule has 4 saturated carbocycles. The van der Waals surface area contributed by atoms with Gasteiger partial charge in [0.1, 0.15) is 12.0 Å². The quantitative estimate of drug-likeness (QED) is 0.884. The topological polar surface area (TPSA) is 81.2 Å². The highest BCUT2D eigenvalue weighted by Gasteiger charge is 2.51. The molecule has 4 aliphatic rings. The van der Waals surface area contributed by atoms with Crippen LogP contribution in [0.5, 0.6) is 0 Å². The summed E-state index contributed by atoms with van der Waals surface area (Å²) in [5.74, 6) is 3.40. The van der Waals surface area contributed by atoms with Crippen molar-refractivity contribution in [3.05, 3.63) is 12.5 Å². The fourth-order valence-corrected chi connectivity index (χ4v) is 5.22. The molecule has 1 amide bonds. The van der Waals surface area contributed by atoms with E-state index in [2.05, 4.69) is 10.5 Å². The van der Waals surface area contributed by atoms with Crippen LogP contribution in [0.4, 0.5) is 5.69 Å². The number of nitrogens with one attached hydrogen (secondary N) is 1. The van der Waals surface area contributed by atoms with Gasteiger partial charge in [-0.15, -0.1) is 0 Å². The number of nitrogens with two attached hydrogens (primary N) is 1. The van der Waals surface area contributed by atoms with Crippen LogP contribution in [-0.4, -0.2) is 17.1 Å². The van der Waals surface area contributed by atoms with E-state index in [0.29, 0.717) is 23.4 Å². The SMILES string of the molecule is NC(C(=O)Nc1cnoc1)C1C2CC3CC(C2)CC1C3. The standard InChI is InChI=1S/C15H21N3O2/c16-14(15(19)18-12-6-17-20-7-12)13-10-2-8-1-9(4-10)5-11(13)3-8/h6-11,13-14H,1-5,16H2,(H,18,19). The number of rotatable bonds is 3. The van der Waals surface area contributed by atoms with E-state index in [-0.39, 0.29) is 5.91 Å². The molecule has 5 nitrogen and oxygen atoms in total. The van der Waals surface area contributed by atoms with Gasteiger partial charge in [-0.3, -0.25) is 4.79 Å². The Balaban J connectivity index is 1.48. The van der Waals surface area contributed by atoms with Crippen molar-refractivity contribution in [3.63, 3.8) is 0 Å². The normalized spacial score (nSPS) is 39.8. The molecule has 0 aromatic carbocycles. The van der Waals surface area contributed by atoms with Gasteiger partial charge in [0.2, 0.25) is 5.91 Å². The number of aromatic nitrogens is 1. The maximum atomic E-state index is 12.3. The van der Waals surface area contributed by atoms with E-state index in [4.69, 9.17) is 10.3 Å². The van der Waals surface area contributed by atoms with Crippen LogP contribution < -0.4 is 11.1 Å². The highest BCUT2D eigenvalue weighted by Crippen LogP contribution is 2.57. The molecule has 108 valence electrons. The minimum Gasteiger partial charge on any atom is -0.363 e. The number of anilines is 1. The molecule has 1 atom stereocenters. The molecule has 0 saturated heterocycles. The first-order valence-corrected chi connectivity index (χ1v) is 7.66. The number of carbonyl (C=O) groups is 1. The van der Waals surface area contributed by atoms with Gasteiger partial charge in [-0.25, -0.2) is 0 Å². The largest absolute Gasteiger partial charge is 0.363 e. The first kappa shape index (κ1) is 12.4. The summed E-state index contributed by atoms with van der Waals surface area (Å²) in [6.45, 7) is 0. The second kappa shape index (κ2) is 4.58. The first-order chi connectivity index (χ1) is 9.70. The lowest BCUT2D eigenvalue weighted by molar-refractivity contribution is -0.123. The zero-order chi connectivity index (χ0) is 13.7. The lowest BCUT2D eigenvalue weighted by Crippen LogP contribution is -2.55. The van der Waals surface area contributed by atoms with Crippen molar-refractivity contribution >= 4 is 11.6 Å². The maximum Gasteiger partial charge on any atom is 0.241 e. The fourth-order valence-electron chi connectivity index (χ4n) is 5.22. The van der Waals surface area contributed by atoms with Crippen molar-refractivity contribution in [2.75, 3.05) is 5.32 Å². The molecule has 5 heteroatoms. The van der Waals surface area contributed by atoms with Gasteiger partial charge in [0.25, 0.3) is 0 Å². The van der Waals surface area contributed by atoms with Gasteiger partial charge in [0, 0.05) is 0 Å². The van der Waals surface area contributed by atoms with Crippen LogP contribution in [-0.2, 0) is 4.79 Å². The van der Waals surface area contributed by atoms with Gasteiger partial charge < -0.3 is 15.6 Å². The molecule has 1 aromatic rings.